The van der Waals surface area contributed by atoms with Gasteiger partial charge in [0.05, 0.1) is 11.9 Å². The van der Waals surface area contributed by atoms with Crippen LogP contribution < -0.4 is 5.32 Å². The van der Waals surface area contributed by atoms with Gasteiger partial charge >= 0.3 is 0 Å². The van der Waals surface area contributed by atoms with Crippen LogP contribution in [0.4, 0.5) is 0 Å². The number of hydrogen-bond acceptors (Lipinski definition) is 4. The van der Waals surface area contributed by atoms with E-state index in [4.69, 9.17) is 0 Å². The van der Waals surface area contributed by atoms with Crippen LogP contribution in [0.5, 0.6) is 0 Å². The predicted octanol–water partition coefficient (Wildman–Crippen LogP) is -0.00110. The van der Waals surface area contributed by atoms with E-state index in [1.54, 1.807) is 0 Å². The van der Waals surface area contributed by atoms with Crippen LogP contribution in [0.1, 0.15) is 18.5 Å². The molecule has 0 aliphatic carbocycles. The minimum atomic E-state index is 0.700. The van der Waals surface area contributed by atoms with Crippen molar-refractivity contribution in [2.75, 3.05) is 20.1 Å². The number of hydrogen-bond donors (Lipinski definition) is 1. The molecule has 1 fully saturated rings. The van der Waals surface area contributed by atoms with Crippen molar-refractivity contribution in [3.8, 4) is 0 Å². The average molecular weight is 209 g/mol. The zero-order valence-corrected chi connectivity index (χ0v) is 9.48. The molecule has 5 nitrogen and oxygen atoms in total. The Morgan fingerprint density at radius 2 is 2.40 bits per heavy atom. The summed E-state index contributed by atoms with van der Waals surface area (Å²) in [4.78, 5) is 2.43. The van der Waals surface area contributed by atoms with Crippen molar-refractivity contribution in [2.24, 2.45) is 7.05 Å². The average Bonchev–Trinajstić information content (AvgIpc) is 2.78. The first kappa shape index (κ1) is 10.6. The maximum absolute atomic E-state index is 3.90. The van der Waals surface area contributed by atoms with Crippen LogP contribution in [0.15, 0.2) is 6.20 Å². The van der Waals surface area contributed by atoms with Gasteiger partial charge in [0, 0.05) is 26.2 Å². The first-order valence-corrected chi connectivity index (χ1v) is 5.52. The minimum Gasteiger partial charge on any atom is -0.310 e. The highest BCUT2D eigenvalue weighted by Crippen LogP contribution is 2.13. The van der Waals surface area contributed by atoms with E-state index in [2.05, 4.69) is 27.6 Å². The molecule has 1 aliphatic rings. The van der Waals surface area contributed by atoms with E-state index < -0.39 is 0 Å². The van der Waals surface area contributed by atoms with Crippen molar-refractivity contribution >= 4 is 0 Å². The summed E-state index contributed by atoms with van der Waals surface area (Å²) < 4.78 is 1.81. The molecule has 0 aromatic carbocycles. The summed E-state index contributed by atoms with van der Waals surface area (Å²) >= 11 is 0. The normalized spacial score (nSPS) is 22.4. The summed E-state index contributed by atoms with van der Waals surface area (Å²) in [5.41, 5.74) is 1.13. The SMILES string of the molecule is CN1CCCC1CNCc1cnnn1C. The zero-order chi connectivity index (χ0) is 10.7. The number of aromatic nitrogens is 3. The second kappa shape index (κ2) is 4.72. The van der Waals surface area contributed by atoms with Crippen molar-refractivity contribution in [1.29, 1.82) is 0 Å². The monoisotopic (exact) mass is 209 g/mol. The molecule has 0 amide bonds. The summed E-state index contributed by atoms with van der Waals surface area (Å²) in [5, 5.41) is 11.2. The van der Waals surface area contributed by atoms with Gasteiger partial charge in [-0.2, -0.15) is 0 Å². The second-order valence-electron chi connectivity index (χ2n) is 4.26. The quantitative estimate of drug-likeness (QED) is 0.758. The number of nitrogens with one attached hydrogen (secondary N) is 1. The highest BCUT2D eigenvalue weighted by molar-refractivity contribution is 4.92. The van der Waals surface area contributed by atoms with Gasteiger partial charge in [0.15, 0.2) is 0 Å². The predicted molar refractivity (Wildman–Crippen MR) is 58.4 cm³/mol. The van der Waals surface area contributed by atoms with Gasteiger partial charge in [-0.25, -0.2) is 0 Å². The van der Waals surface area contributed by atoms with Gasteiger partial charge < -0.3 is 10.2 Å². The molecule has 0 spiro atoms. The largest absolute Gasteiger partial charge is 0.310 e. The molecular formula is C10H19N5. The Bertz CT molecular complexity index is 309. The standard InChI is InChI=1S/C10H19N5/c1-14-5-3-4-9(14)6-11-7-10-8-12-13-15(10)2/h8-9,11H,3-7H2,1-2H3. The Balaban J connectivity index is 1.73. The van der Waals surface area contributed by atoms with Gasteiger partial charge in [0.1, 0.15) is 0 Å². The third-order valence-electron chi connectivity index (χ3n) is 3.17. The molecule has 1 atom stereocenters. The van der Waals surface area contributed by atoms with E-state index in [0.29, 0.717) is 6.04 Å². The van der Waals surface area contributed by atoms with Crippen LogP contribution in [-0.2, 0) is 13.6 Å². The third-order valence-corrected chi connectivity index (χ3v) is 3.17. The van der Waals surface area contributed by atoms with Gasteiger partial charge in [-0.1, -0.05) is 5.21 Å². The number of aryl methyl sites for hydroxylation is 1. The van der Waals surface area contributed by atoms with Gasteiger partial charge in [-0.15, -0.1) is 5.10 Å². The van der Waals surface area contributed by atoms with Gasteiger partial charge in [0.25, 0.3) is 0 Å². The highest BCUT2D eigenvalue weighted by atomic mass is 15.4. The molecule has 15 heavy (non-hydrogen) atoms. The van der Waals surface area contributed by atoms with E-state index in [-0.39, 0.29) is 0 Å². The van der Waals surface area contributed by atoms with Crippen molar-refractivity contribution in [1.82, 2.24) is 25.2 Å². The maximum Gasteiger partial charge on any atom is 0.0738 e. The van der Waals surface area contributed by atoms with Crippen molar-refractivity contribution in [2.45, 2.75) is 25.4 Å². The summed E-state index contributed by atoms with van der Waals surface area (Å²) in [6.07, 6.45) is 4.45. The van der Waals surface area contributed by atoms with Crippen LogP contribution in [0.2, 0.25) is 0 Å². The van der Waals surface area contributed by atoms with Gasteiger partial charge in [-0.3, -0.25) is 4.68 Å². The van der Waals surface area contributed by atoms with Crippen molar-refractivity contribution < 1.29 is 0 Å². The summed E-state index contributed by atoms with van der Waals surface area (Å²) in [7, 11) is 4.12. The molecule has 1 aliphatic heterocycles. The maximum atomic E-state index is 3.90. The number of rotatable bonds is 4. The Hall–Kier alpha value is -0.940. The fraction of sp³-hybridized carbons (Fsp3) is 0.800. The molecule has 0 bridgehead atoms. The summed E-state index contributed by atoms with van der Waals surface area (Å²) in [6, 6.07) is 0.700. The Morgan fingerprint density at radius 3 is 3.00 bits per heavy atom. The van der Waals surface area contributed by atoms with Gasteiger partial charge in [-0.05, 0) is 26.4 Å². The van der Waals surface area contributed by atoms with E-state index >= 15 is 0 Å². The number of likely N-dealkylation sites (N-methyl/N-ethyl adjacent to an activating group) is 1. The van der Waals surface area contributed by atoms with Crippen LogP contribution in [-0.4, -0.2) is 46.1 Å². The fourth-order valence-electron chi connectivity index (χ4n) is 2.08. The van der Waals surface area contributed by atoms with Crippen molar-refractivity contribution in [3.63, 3.8) is 0 Å². The Kier molecular flexibility index (Phi) is 3.33. The molecule has 0 radical (unpaired) electrons. The Labute approximate surface area is 90.5 Å². The third kappa shape index (κ3) is 2.54. The fourth-order valence-corrected chi connectivity index (χ4v) is 2.08. The van der Waals surface area contributed by atoms with Crippen LogP contribution in [0.25, 0.3) is 0 Å². The second-order valence-corrected chi connectivity index (χ2v) is 4.26. The molecule has 1 aromatic heterocycles. The van der Waals surface area contributed by atoms with Crippen molar-refractivity contribution in [3.05, 3.63) is 11.9 Å². The first-order chi connectivity index (χ1) is 7.27. The topological polar surface area (TPSA) is 46.0 Å². The molecule has 1 saturated heterocycles. The number of nitrogens with zero attached hydrogens (tertiary/aromatic N) is 4. The molecule has 84 valence electrons. The number of likely N-dealkylation sites (tertiary alicyclic amines) is 1. The summed E-state index contributed by atoms with van der Waals surface area (Å²) in [5.74, 6) is 0. The molecule has 5 heteroatoms. The zero-order valence-electron chi connectivity index (χ0n) is 9.48. The lowest BCUT2D eigenvalue weighted by Gasteiger charge is -2.19. The molecule has 0 saturated carbocycles. The minimum absolute atomic E-state index is 0.700. The van der Waals surface area contributed by atoms with E-state index in [0.717, 1.165) is 18.8 Å². The molecule has 1 aromatic rings. The Morgan fingerprint density at radius 1 is 1.53 bits per heavy atom. The summed E-state index contributed by atoms with van der Waals surface area (Å²) in [6.45, 7) is 3.15. The molecular weight excluding hydrogens is 190 g/mol. The smallest absolute Gasteiger partial charge is 0.0738 e. The molecule has 1 unspecified atom stereocenters. The highest BCUT2D eigenvalue weighted by Gasteiger charge is 2.19. The van der Waals surface area contributed by atoms with E-state index in [1.165, 1.54) is 19.4 Å². The van der Waals surface area contributed by atoms with Crippen LogP contribution in [0, 0.1) is 0 Å². The first-order valence-electron chi connectivity index (χ1n) is 5.52. The lowest BCUT2D eigenvalue weighted by Crippen LogP contribution is -2.35. The molecule has 1 N–H and O–H groups in total. The van der Waals surface area contributed by atoms with E-state index in [1.807, 2.05) is 17.9 Å². The van der Waals surface area contributed by atoms with Crippen LogP contribution >= 0.6 is 0 Å². The van der Waals surface area contributed by atoms with E-state index in [9.17, 15) is 0 Å². The van der Waals surface area contributed by atoms with Crippen LogP contribution in [0.3, 0.4) is 0 Å². The lowest BCUT2D eigenvalue weighted by molar-refractivity contribution is 0.299. The lowest BCUT2D eigenvalue weighted by atomic mass is 10.2. The molecule has 2 rings (SSSR count). The van der Waals surface area contributed by atoms with Gasteiger partial charge in [0.2, 0.25) is 0 Å². The molecule has 2 heterocycles.